The number of rotatable bonds is 2. The van der Waals surface area contributed by atoms with E-state index in [1.165, 1.54) is 18.6 Å². The average Bonchev–Trinajstić information content (AvgIpc) is 2.70. The van der Waals surface area contributed by atoms with Gasteiger partial charge in [-0.15, -0.1) is 0 Å². The summed E-state index contributed by atoms with van der Waals surface area (Å²) in [6, 6.07) is 7.06. The molecule has 4 fully saturated rings. The van der Waals surface area contributed by atoms with Gasteiger partial charge < -0.3 is 14.7 Å². The van der Waals surface area contributed by atoms with E-state index in [1.807, 2.05) is 0 Å². The molecular formula is C22H28N2O4. The van der Waals surface area contributed by atoms with Crippen molar-refractivity contribution < 1.29 is 19.4 Å². The first-order valence-corrected chi connectivity index (χ1v) is 10.6. The first kappa shape index (κ1) is 18.0. The van der Waals surface area contributed by atoms with Gasteiger partial charge in [0.15, 0.2) is 0 Å². The number of phenolic OH excluding ortho intramolecular Hbond substituents is 1. The van der Waals surface area contributed by atoms with Gasteiger partial charge in [-0.25, -0.2) is 4.79 Å². The molecule has 0 aliphatic carbocycles. The van der Waals surface area contributed by atoms with Gasteiger partial charge in [0.1, 0.15) is 11.9 Å². The van der Waals surface area contributed by atoms with Crippen LogP contribution in [0.5, 0.6) is 5.75 Å². The molecule has 0 spiro atoms. The largest absolute Gasteiger partial charge is 0.508 e. The first-order chi connectivity index (χ1) is 13.6. The normalized spacial score (nSPS) is 35.1. The Hall–Kier alpha value is -2.08. The number of nitrogens with zero attached hydrogens (tertiary/aromatic N) is 2. The van der Waals surface area contributed by atoms with Crippen molar-refractivity contribution in [2.75, 3.05) is 19.6 Å². The Morgan fingerprint density at radius 1 is 1.04 bits per heavy atom. The fraction of sp³-hybridized carbons (Fsp3) is 0.636. The van der Waals surface area contributed by atoms with Gasteiger partial charge in [-0.2, -0.15) is 0 Å². The van der Waals surface area contributed by atoms with Crippen molar-refractivity contribution in [3.63, 3.8) is 0 Å². The van der Waals surface area contributed by atoms with Crippen LogP contribution in [0.2, 0.25) is 0 Å². The van der Waals surface area contributed by atoms with E-state index in [-0.39, 0.29) is 17.8 Å². The van der Waals surface area contributed by atoms with Crippen LogP contribution in [0.25, 0.3) is 0 Å². The maximum atomic E-state index is 12.5. The molecule has 4 aliphatic heterocycles. The number of hydrogen-bond acceptors (Lipinski definition) is 5. The third-order valence-electron chi connectivity index (χ3n) is 7.29. The number of ether oxygens (including phenoxy) is 1. The Kier molecular flexibility index (Phi) is 4.54. The summed E-state index contributed by atoms with van der Waals surface area (Å²) in [5.74, 6) is 1.26. The number of aromatic hydroxyl groups is 1. The van der Waals surface area contributed by atoms with Crippen LogP contribution >= 0.6 is 0 Å². The summed E-state index contributed by atoms with van der Waals surface area (Å²) in [7, 11) is 0. The predicted molar refractivity (Wildman–Crippen MR) is 103 cm³/mol. The Labute approximate surface area is 165 Å². The zero-order valence-corrected chi connectivity index (χ0v) is 16.1. The number of carbonyl (C=O) groups excluding carboxylic acids is 2. The molecule has 1 aromatic carbocycles. The lowest BCUT2D eigenvalue weighted by Gasteiger charge is -2.57. The lowest BCUT2D eigenvalue weighted by Crippen LogP contribution is -2.65. The van der Waals surface area contributed by atoms with Gasteiger partial charge in [0, 0.05) is 44.6 Å². The Balaban J connectivity index is 1.26. The lowest BCUT2D eigenvalue weighted by molar-refractivity contribution is -0.150. The van der Waals surface area contributed by atoms with Gasteiger partial charge in [-0.3, -0.25) is 9.69 Å². The molecular weight excluding hydrogens is 356 g/mol. The molecule has 5 rings (SSSR count). The monoisotopic (exact) mass is 384 g/mol. The molecule has 6 nitrogen and oxygen atoms in total. The Bertz CT molecular complexity index is 764. The van der Waals surface area contributed by atoms with E-state index < -0.39 is 0 Å². The minimum absolute atomic E-state index is 0.0751. The van der Waals surface area contributed by atoms with E-state index in [0.29, 0.717) is 41.8 Å². The highest BCUT2D eigenvalue weighted by Crippen LogP contribution is 2.43. The van der Waals surface area contributed by atoms with E-state index in [0.717, 1.165) is 45.3 Å². The molecule has 150 valence electrons. The molecule has 1 N–H and O–H groups in total. The first-order valence-electron chi connectivity index (χ1n) is 10.6. The zero-order valence-electron chi connectivity index (χ0n) is 16.1. The molecule has 0 unspecified atom stereocenters. The standard InChI is InChI=1S/C22H28N2O4/c25-17-6-4-14(5-7-17)22(27)28-18-8-9-23-12-15-10-16(20(23)11-18)13-24-19(15)2-1-3-21(24)26/h4-7,15-16,18-20,25H,1-3,8-13H2/t15-,16+,18-,19+,20-/m0/s1. The third kappa shape index (κ3) is 3.17. The molecule has 0 aromatic heterocycles. The Morgan fingerprint density at radius 2 is 1.82 bits per heavy atom. The second kappa shape index (κ2) is 7.07. The summed E-state index contributed by atoms with van der Waals surface area (Å²) in [5.41, 5.74) is 0.475. The highest BCUT2D eigenvalue weighted by molar-refractivity contribution is 5.89. The SMILES string of the molecule is O=C(O[C@H]1CCN2C[C@@H]3C[C@H](CN4C(=O)CCC[C@H]34)[C@@H]2C1)c1ccc(O)cc1. The maximum Gasteiger partial charge on any atom is 0.338 e. The average molecular weight is 384 g/mol. The van der Waals surface area contributed by atoms with Crippen molar-refractivity contribution in [3.05, 3.63) is 29.8 Å². The van der Waals surface area contributed by atoms with Crippen molar-refractivity contribution in [1.29, 1.82) is 0 Å². The fourth-order valence-electron chi connectivity index (χ4n) is 5.98. The summed E-state index contributed by atoms with van der Waals surface area (Å²) in [5, 5.41) is 9.39. The van der Waals surface area contributed by atoms with E-state index >= 15 is 0 Å². The zero-order chi connectivity index (χ0) is 19.3. The molecule has 0 radical (unpaired) electrons. The minimum atomic E-state index is -0.318. The molecule has 28 heavy (non-hydrogen) atoms. The second-order valence-corrected chi connectivity index (χ2v) is 8.92. The van der Waals surface area contributed by atoms with Crippen LogP contribution in [0.1, 0.15) is 48.9 Å². The van der Waals surface area contributed by atoms with Crippen molar-refractivity contribution in [1.82, 2.24) is 9.80 Å². The number of hydrogen-bond donors (Lipinski definition) is 1. The minimum Gasteiger partial charge on any atom is -0.508 e. The number of fused-ring (bicyclic) bond motifs is 6. The maximum absolute atomic E-state index is 12.5. The van der Waals surface area contributed by atoms with E-state index in [1.54, 1.807) is 12.1 Å². The van der Waals surface area contributed by atoms with Crippen molar-refractivity contribution in [3.8, 4) is 5.75 Å². The molecule has 0 saturated carbocycles. The number of carbonyl (C=O) groups is 2. The third-order valence-corrected chi connectivity index (χ3v) is 7.29. The highest BCUT2D eigenvalue weighted by atomic mass is 16.5. The number of phenols is 1. The van der Waals surface area contributed by atoms with Gasteiger partial charge in [0.25, 0.3) is 0 Å². The van der Waals surface area contributed by atoms with Gasteiger partial charge in [0.2, 0.25) is 5.91 Å². The predicted octanol–water partition coefficient (Wildman–Crippen LogP) is 2.41. The lowest BCUT2D eigenvalue weighted by atomic mass is 9.70. The van der Waals surface area contributed by atoms with Crippen LogP contribution in [-0.2, 0) is 9.53 Å². The molecule has 1 amide bonds. The van der Waals surface area contributed by atoms with E-state index in [2.05, 4.69) is 9.80 Å². The topological polar surface area (TPSA) is 70.1 Å². The molecule has 1 aromatic rings. The fourth-order valence-corrected chi connectivity index (χ4v) is 5.98. The molecule has 5 atom stereocenters. The summed E-state index contributed by atoms with van der Waals surface area (Å²) < 4.78 is 5.80. The van der Waals surface area contributed by atoms with Crippen LogP contribution in [0.4, 0.5) is 0 Å². The Morgan fingerprint density at radius 3 is 2.64 bits per heavy atom. The van der Waals surface area contributed by atoms with Crippen LogP contribution in [0.3, 0.4) is 0 Å². The van der Waals surface area contributed by atoms with Crippen LogP contribution in [-0.4, -0.2) is 64.6 Å². The molecule has 6 heteroatoms. The quantitative estimate of drug-likeness (QED) is 0.793. The number of esters is 1. The van der Waals surface area contributed by atoms with Gasteiger partial charge in [-0.1, -0.05) is 0 Å². The number of benzene rings is 1. The van der Waals surface area contributed by atoms with E-state index in [9.17, 15) is 14.7 Å². The van der Waals surface area contributed by atoms with E-state index in [4.69, 9.17) is 4.74 Å². The van der Waals surface area contributed by atoms with Gasteiger partial charge in [0.05, 0.1) is 5.56 Å². The van der Waals surface area contributed by atoms with Crippen molar-refractivity contribution >= 4 is 11.9 Å². The van der Waals surface area contributed by atoms with Gasteiger partial charge >= 0.3 is 5.97 Å². The summed E-state index contributed by atoms with van der Waals surface area (Å²) >= 11 is 0. The number of piperidine rings is 4. The summed E-state index contributed by atoms with van der Waals surface area (Å²) in [6.07, 6.45) is 5.76. The molecule has 4 saturated heterocycles. The molecule has 2 bridgehead atoms. The van der Waals surface area contributed by atoms with Gasteiger partial charge in [-0.05, 0) is 61.8 Å². The molecule has 4 heterocycles. The summed E-state index contributed by atoms with van der Waals surface area (Å²) in [6.45, 7) is 2.92. The van der Waals surface area contributed by atoms with Crippen LogP contribution in [0.15, 0.2) is 24.3 Å². The smallest absolute Gasteiger partial charge is 0.338 e. The highest BCUT2D eigenvalue weighted by Gasteiger charge is 2.49. The van der Waals surface area contributed by atoms with Crippen LogP contribution in [0, 0.1) is 11.8 Å². The van der Waals surface area contributed by atoms with Crippen molar-refractivity contribution in [2.24, 2.45) is 11.8 Å². The van der Waals surface area contributed by atoms with Crippen LogP contribution < -0.4 is 0 Å². The second-order valence-electron chi connectivity index (χ2n) is 8.92. The number of amides is 1. The summed E-state index contributed by atoms with van der Waals surface area (Å²) in [4.78, 5) is 29.7. The molecule has 4 aliphatic rings. The van der Waals surface area contributed by atoms with Crippen molar-refractivity contribution in [2.45, 2.75) is 56.7 Å².